The lowest BCUT2D eigenvalue weighted by Crippen LogP contribution is -2.21. The Balaban J connectivity index is 1.65. The van der Waals surface area contributed by atoms with E-state index in [1.807, 2.05) is 19.1 Å². The van der Waals surface area contributed by atoms with Crippen LogP contribution in [0.5, 0.6) is 11.5 Å². The van der Waals surface area contributed by atoms with Gasteiger partial charge in [0.1, 0.15) is 5.82 Å². The molecule has 0 atom stereocenters. The summed E-state index contributed by atoms with van der Waals surface area (Å²) in [6, 6.07) is 13.0. The second-order valence-electron chi connectivity index (χ2n) is 5.52. The fourth-order valence-electron chi connectivity index (χ4n) is 2.21. The van der Waals surface area contributed by atoms with E-state index in [9.17, 15) is 14.0 Å². The molecule has 0 saturated carbocycles. The van der Waals surface area contributed by atoms with Gasteiger partial charge < -0.3 is 19.5 Å². The van der Waals surface area contributed by atoms with Crippen molar-refractivity contribution in [2.24, 2.45) is 0 Å². The van der Waals surface area contributed by atoms with Crippen molar-refractivity contribution in [3.8, 4) is 11.5 Å². The Morgan fingerprint density at radius 2 is 1.67 bits per heavy atom. The molecule has 2 aromatic rings. The predicted octanol–water partition coefficient (Wildman–Crippen LogP) is 3.57. The Labute approximate surface area is 157 Å². The minimum absolute atomic E-state index is 0.0416. The molecule has 0 spiro atoms. The van der Waals surface area contributed by atoms with Crippen LogP contribution < -0.4 is 14.8 Å². The molecule has 144 valence electrons. The van der Waals surface area contributed by atoms with Crippen LogP contribution in [0.3, 0.4) is 0 Å². The summed E-state index contributed by atoms with van der Waals surface area (Å²) in [5, 5.41) is 2.34. The Morgan fingerprint density at radius 3 is 2.37 bits per heavy atom. The Kier molecular flexibility index (Phi) is 8.09. The normalized spacial score (nSPS) is 10.1. The number of amides is 1. The van der Waals surface area contributed by atoms with Crippen molar-refractivity contribution in [3.63, 3.8) is 0 Å². The minimum atomic E-state index is -0.602. The molecular weight excluding hydrogens is 353 g/mol. The lowest BCUT2D eigenvalue weighted by molar-refractivity contribution is -0.147. The van der Waals surface area contributed by atoms with Crippen molar-refractivity contribution < 1.29 is 28.2 Å². The van der Waals surface area contributed by atoms with E-state index in [0.29, 0.717) is 31.1 Å². The molecule has 6 nitrogen and oxygen atoms in total. The molecule has 0 aromatic heterocycles. The van der Waals surface area contributed by atoms with Crippen LogP contribution in [0, 0.1) is 5.82 Å². The second-order valence-corrected chi connectivity index (χ2v) is 5.52. The van der Waals surface area contributed by atoms with Crippen molar-refractivity contribution in [3.05, 3.63) is 54.3 Å². The average Bonchev–Trinajstić information content (AvgIpc) is 2.67. The largest absolute Gasteiger partial charge is 0.490 e. The van der Waals surface area contributed by atoms with Crippen LogP contribution >= 0.6 is 0 Å². The molecule has 0 aliphatic heterocycles. The van der Waals surface area contributed by atoms with Crippen LogP contribution in [0.25, 0.3) is 0 Å². The summed E-state index contributed by atoms with van der Waals surface area (Å²) in [6.07, 6.45) is 0.526. The van der Waals surface area contributed by atoms with E-state index in [-0.39, 0.29) is 12.1 Å². The number of rotatable bonds is 10. The maximum Gasteiger partial charge on any atom is 0.306 e. The Bertz CT molecular complexity index is 766. The van der Waals surface area contributed by atoms with Gasteiger partial charge >= 0.3 is 5.97 Å². The van der Waals surface area contributed by atoms with Gasteiger partial charge in [0.2, 0.25) is 0 Å². The number of para-hydroxylation sites is 3. The molecular formula is C20H22FNO5. The fraction of sp³-hybridized carbons (Fsp3) is 0.300. The second kappa shape index (κ2) is 10.8. The van der Waals surface area contributed by atoms with Gasteiger partial charge in [0, 0.05) is 6.42 Å². The first-order valence-corrected chi connectivity index (χ1v) is 8.64. The van der Waals surface area contributed by atoms with Crippen LogP contribution in [0.15, 0.2) is 48.5 Å². The van der Waals surface area contributed by atoms with E-state index < -0.39 is 24.3 Å². The first-order chi connectivity index (χ1) is 13.1. The zero-order valence-electron chi connectivity index (χ0n) is 15.1. The van der Waals surface area contributed by atoms with E-state index in [1.54, 1.807) is 18.2 Å². The molecule has 1 N–H and O–H groups in total. The lowest BCUT2D eigenvalue weighted by Gasteiger charge is -2.11. The number of ether oxygens (including phenoxy) is 3. The number of carbonyl (C=O) groups is 2. The molecule has 0 aliphatic rings. The maximum absolute atomic E-state index is 13.4. The van der Waals surface area contributed by atoms with E-state index in [4.69, 9.17) is 14.2 Å². The predicted molar refractivity (Wildman–Crippen MR) is 98.3 cm³/mol. The average molecular weight is 375 g/mol. The molecule has 0 fully saturated rings. The maximum atomic E-state index is 13.4. The van der Waals surface area contributed by atoms with Gasteiger partial charge in [-0.2, -0.15) is 0 Å². The van der Waals surface area contributed by atoms with Crippen LogP contribution in [0.2, 0.25) is 0 Å². The van der Waals surface area contributed by atoms with Crippen molar-refractivity contribution in [2.75, 3.05) is 25.1 Å². The topological polar surface area (TPSA) is 73.9 Å². The van der Waals surface area contributed by atoms with Crippen molar-refractivity contribution >= 4 is 17.6 Å². The number of carbonyl (C=O) groups excluding carboxylic acids is 2. The smallest absolute Gasteiger partial charge is 0.306 e. The van der Waals surface area contributed by atoms with E-state index in [2.05, 4.69) is 5.32 Å². The molecule has 7 heteroatoms. The van der Waals surface area contributed by atoms with Gasteiger partial charge in [0.15, 0.2) is 18.1 Å². The number of nitrogens with one attached hydrogen (secondary N) is 1. The number of hydrogen-bond acceptors (Lipinski definition) is 5. The number of esters is 1. The fourth-order valence-corrected chi connectivity index (χ4v) is 2.21. The number of anilines is 1. The molecule has 0 unspecified atom stereocenters. The number of halogens is 1. The van der Waals surface area contributed by atoms with Crippen LogP contribution in [-0.4, -0.2) is 31.7 Å². The highest BCUT2D eigenvalue weighted by molar-refractivity contribution is 5.92. The molecule has 0 bridgehead atoms. The number of benzene rings is 2. The SMILES string of the molecule is CCOc1ccccc1OCCCC(=O)OCC(=O)Nc1ccccc1F. The minimum Gasteiger partial charge on any atom is -0.490 e. The van der Waals surface area contributed by atoms with E-state index in [1.165, 1.54) is 18.2 Å². The Morgan fingerprint density at radius 1 is 1.00 bits per heavy atom. The molecule has 1 amide bonds. The van der Waals surface area contributed by atoms with Crippen LogP contribution in [0.1, 0.15) is 19.8 Å². The molecule has 0 saturated heterocycles. The monoisotopic (exact) mass is 375 g/mol. The summed E-state index contributed by atoms with van der Waals surface area (Å²) in [5.74, 6) is -0.429. The molecule has 2 rings (SSSR count). The van der Waals surface area contributed by atoms with Gasteiger partial charge in [-0.05, 0) is 37.6 Å². The number of hydrogen-bond donors (Lipinski definition) is 1. The highest BCUT2D eigenvalue weighted by Crippen LogP contribution is 2.26. The Hall–Kier alpha value is -3.09. The van der Waals surface area contributed by atoms with E-state index >= 15 is 0 Å². The van der Waals surface area contributed by atoms with Gasteiger partial charge in [-0.1, -0.05) is 24.3 Å². The highest BCUT2D eigenvalue weighted by atomic mass is 19.1. The van der Waals surface area contributed by atoms with Crippen molar-refractivity contribution in [2.45, 2.75) is 19.8 Å². The van der Waals surface area contributed by atoms with Crippen LogP contribution in [-0.2, 0) is 14.3 Å². The summed E-state index contributed by atoms with van der Waals surface area (Å²) in [6.45, 7) is 2.25. The van der Waals surface area contributed by atoms with Gasteiger partial charge in [-0.25, -0.2) is 4.39 Å². The molecule has 27 heavy (non-hydrogen) atoms. The van der Waals surface area contributed by atoms with Crippen LogP contribution in [0.4, 0.5) is 10.1 Å². The van der Waals surface area contributed by atoms with Gasteiger partial charge in [-0.3, -0.25) is 9.59 Å². The van der Waals surface area contributed by atoms with Crippen molar-refractivity contribution in [1.29, 1.82) is 0 Å². The van der Waals surface area contributed by atoms with E-state index in [0.717, 1.165) is 0 Å². The summed E-state index contributed by atoms with van der Waals surface area (Å²) < 4.78 is 29.4. The highest BCUT2D eigenvalue weighted by Gasteiger charge is 2.10. The first kappa shape index (κ1) is 20.2. The van der Waals surface area contributed by atoms with Gasteiger partial charge in [0.05, 0.1) is 18.9 Å². The zero-order chi connectivity index (χ0) is 19.5. The quantitative estimate of drug-likeness (QED) is 0.508. The molecule has 0 radical (unpaired) electrons. The third-order valence-corrected chi connectivity index (χ3v) is 3.44. The van der Waals surface area contributed by atoms with Gasteiger partial charge in [-0.15, -0.1) is 0 Å². The molecule has 2 aromatic carbocycles. The summed E-state index contributed by atoms with van der Waals surface area (Å²) in [5.41, 5.74) is 0.0416. The summed E-state index contributed by atoms with van der Waals surface area (Å²) >= 11 is 0. The first-order valence-electron chi connectivity index (χ1n) is 8.64. The summed E-state index contributed by atoms with van der Waals surface area (Å²) in [4.78, 5) is 23.4. The van der Waals surface area contributed by atoms with Gasteiger partial charge in [0.25, 0.3) is 5.91 Å². The molecule has 0 heterocycles. The molecule has 0 aliphatic carbocycles. The zero-order valence-corrected chi connectivity index (χ0v) is 15.1. The summed E-state index contributed by atoms with van der Waals surface area (Å²) in [7, 11) is 0. The third kappa shape index (κ3) is 6.97. The third-order valence-electron chi connectivity index (χ3n) is 3.44. The van der Waals surface area contributed by atoms with Crippen molar-refractivity contribution in [1.82, 2.24) is 0 Å². The standard InChI is InChI=1S/C20H22FNO5/c1-2-25-17-10-5-6-11-18(17)26-13-7-12-20(24)27-14-19(23)22-16-9-4-3-8-15(16)21/h3-6,8-11H,2,7,12-14H2,1H3,(H,22,23). The lowest BCUT2D eigenvalue weighted by atomic mass is 10.3.